The Hall–Kier alpha value is -2.11. The molecule has 1 N–H and O–H groups in total. The van der Waals surface area contributed by atoms with Crippen molar-refractivity contribution in [3.63, 3.8) is 0 Å². The number of hydrogen-bond acceptors (Lipinski definition) is 4. The van der Waals surface area contributed by atoms with Crippen LogP contribution in [0.2, 0.25) is 0 Å². The molecule has 0 spiro atoms. The van der Waals surface area contributed by atoms with Gasteiger partial charge in [-0.2, -0.15) is 0 Å². The monoisotopic (exact) mass is 430 g/mol. The van der Waals surface area contributed by atoms with Crippen molar-refractivity contribution in [3.8, 4) is 5.69 Å². The third-order valence-electron chi connectivity index (χ3n) is 5.82. The van der Waals surface area contributed by atoms with E-state index in [4.69, 9.17) is 9.97 Å². The van der Waals surface area contributed by atoms with Gasteiger partial charge in [-0.1, -0.05) is 17.7 Å². The molecule has 2 heterocycles. The van der Waals surface area contributed by atoms with E-state index in [0.717, 1.165) is 48.6 Å². The Labute approximate surface area is 186 Å². The smallest absolute Gasteiger partial charge is 0.150 e. The van der Waals surface area contributed by atoms with Crippen molar-refractivity contribution in [3.05, 3.63) is 45.9 Å². The van der Waals surface area contributed by atoms with Crippen molar-refractivity contribution in [2.45, 2.75) is 61.3 Å². The van der Waals surface area contributed by atoms with Crippen molar-refractivity contribution >= 4 is 29.3 Å². The molecule has 3 aromatic rings. The van der Waals surface area contributed by atoms with Crippen LogP contribution in [0.25, 0.3) is 16.7 Å². The molecule has 2 aromatic heterocycles. The van der Waals surface area contributed by atoms with Gasteiger partial charge in [-0.3, -0.25) is 4.57 Å². The minimum absolute atomic E-state index is 0. The first-order valence-electron chi connectivity index (χ1n) is 10.6. The number of hydrogen-bond donors (Lipinski definition) is 1. The van der Waals surface area contributed by atoms with Crippen molar-refractivity contribution in [2.75, 3.05) is 24.6 Å². The summed E-state index contributed by atoms with van der Waals surface area (Å²) in [5.74, 6) is 1.80. The summed E-state index contributed by atoms with van der Waals surface area (Å²) in [5.41, 5.74) is 8.45. The molecule has 0 saturated carbocycles. The van der Waals surface area contributed by atoms with Gasteiger partial charge in [0.15, 0.2) is 5.65 Å². The summed E-state index contributed by atoms with van der Waals surface area (Å²) in [5, 5.41) is 10.3. The van der Waals surface area contributed by atoms with Gasteiger partial charge in [0, 0.05) is 25.4 Å². The fraction of sp³-hybridized carbons (Fsp3) is 0.500. The predicted octanol–water partition coefficient (Wildman–Crippen LogP) is 5.29. The zero-order chi connectivity index (χ0) is 21.3. The number of aryl methyl sites for hydroxylation is 5. The van der Waals surface area contributed by atoms with Crippen LogP contribution < -0.4 is 4.90 Å². The number of rotatable bonds is 7. The van der Waals surface area contributed by atoms with E-state index in [1.165, 1.54) is 33.6 Å². The van der Waals surface area contributed by atoms with Crippen LogP contribution in [0.15, 0.2) is 12.1 Å². The lowest BCUT2D eigenvalue weighted by atomic mass is 10.0. The van der Waals surface area contributed by atoms with Crippen LogP contribution >= 0.6 is 12.4 Å². The fourth-order valence-electron chi connectivity index (χ4n) is 4.40. The Balaban J connectivity index is 0.00000320. The SMILES string of the molecule is CCN(CCCCO)c1nc(C)nc2c1c(C)c(C)n2-c1c(C)cc(C)cc1C.Cl. The van der Waals surface area contributed by atoms with Crippen LogP contribution in [0.5, 0.6) is 0 Å². The molecule has 0 amide bonds. The largest absolute Gasteiger partial charge is 0.396 e. The van der Waals surface area contributed by atoms with E-state index < -0.39 is 0 Å². The van der Waals surface area contributed by atoms with Crippen LogP contribution in [0.4, 0.5) is 5.82 Å². The van der Waals surface area contributed by atoms with E-state index >= 15 is 0 Å². The molecule has 0 unspecified atom stereocenters. The Kier molecular flexibility index (Phi) is 7.89. The molecule has 0 aliphatic carbocycles. The van der Waals surface area contributed by atoms with Gasteiger partial charge in [0.05, 0.1) is 11.1 Å². The van der Waals surface area contributed by atoms with E-state index in [2.05, 4.69) is 63.1 Å². The quantitative estimate of drug-likeness (QED) is 0.517. The van der Waals surface area contributed by atoms with Crippen molar-refractivity contribution in [1.82, 2.24) is 14.5 Å². The third-order valence-corrected chi connectivity index (χ3v) is 5.82. The second kappa shape index (κ2) is 9.80. The Morgan fingerprint density at radius 2 is 1.60 bits per heavy atom. The number of nitrogens with zero attached hydrogens (tertiary/aromatic N) is 4. The first-order chi connectivity index (χ1) is 13.8. The van der Waals surface area contributed by atoms with Crippen molar-refractivity contribution in [1.29, 1.82) is 0 Å². The molecular formula is C24H35ClN4O. The van der Waals surface area contributed by atoms with Crippen LogP contribution in [-0.2, 0) is 0 Å². The minimum atomic E-state index is 0. The summed E-state index contributed by atoms with van der Waals surface area (Å²) in [4.78, 5) is 12.1. The summed E-state index contributed by atoms with van der Waals surface area (Å²) in [6.07, 6.45) is 1.76. The Morgan fingerprint density at radius 3 is 2.17 bits per heavy atom. The molecule has 0 aliphatic rings. The molecule has 5 nitrogen and oxygen atoms in total. The fourth-order valence-corrected chi connectivity index (χ4v) is 4.40. The highest BCUT2D eigenvalue weighted by Gasteiger charge is 2.22. The topological polar surface area (TPSA) is 54.2 Å². The van der Waals surface area contributed by atoms with Gasteiger partial charge in [-0.15, -0.1) is 12.4 Å². The molecule has 1 aromatic carbocycles. The molecule has 0 radical (unpaired) electrons. The molecule has 0 fully saturated rings. The molecule has 0 aliphatic heterocycles. The van der Waals surface area contributed by atoms with Crippen molar-refractivity contribution in [2.24, 2.45) is 0 Å². The normalized spacial score (nSPS) is 11.1. The first kappa shape index (κ1) is 24.2. The highest BCUT2D eigenvalue weighted by molar-refractivity contribution is 5.94. The number of unbranched alkanes of at least 4 members (excludes halogenated alkanes) is 1. The average molecular weight is 431 g/mol. The lowest BCUT2D eigenvalue weighted by Crippen LogP contribution is -2.26. The van der Waals surface area contributed by atoms with Crippen molar-refractivity contribution < 1.29 is 5.11 Å². The highest BCUT2D eigenvalue weighted by atomic mass is 35.5. The number of benzene rings is 1. The van der Waals surface area contributed by atoms with Gasteiger partial charge in [0.1, 0.15) is 11.6 Å². The molecule has 0 saturated heterocycles. The van der Waals surface area contributed by atoms with E-state index in [0.29, 0.717) is 0 Å². The van der Waals surface area contributed by atoms with E-state index in [-0.39, 0.29) is 19.0 Å². The number of aliphatic hydroxyl groups is 1. The van der Waals surface area contributed by atoms with Gasteiger partial charge in [-0.05, 0) is 78.0 Å². The summed E-state index contributed by atoms with van der Waals surface area (Å²) in [6.45, 7) is 17.0. The van der Waals surface area contributed by atoms with Gasteiger partial charge in [0.2, 0.25) is 0 Å². The standard InChI is InChI=1S/C24H34N4O.ClH/c1-8-27(11-9-10-12-29)23-21-18(5)19(6)28(24(21)26-20(7)25-23)22-16(3)13-15(2)14-17(22)4;/h13-14,29H,8-12H2,1-7H3;1H. The van der Waals surface area contributed by atoms with E-state index in [9.17, 15) is 5.11 Å². The number of halogens is 1. The zero-order valence-electron chi connectivity index (χ0n) is 19.3. The second-order valence-electron chi connectivity index (χ2n) is 8.10. The maximum absolute atomic E-state index is 9.17. The van der Waals surface area contributed by atoms with Gasteiger partial charge < -0.3 is 10.0 Å². The predicted molar refractivity (Wildman–Crippen MR) is 129 cm³/mol. The molecule has 30 heavy (non-hydrogen) atoms. The summed E-state index contributed by atoms with van der Waals surface area (Å²) < 4.78 is 2.31. The molecule has 164 valence electrons. The van der Waals surface area contributed by atoms with E-state index in [1.54, 1.807) is 0 Å². The number of aromatic nitrogens is 3. The number of anilines is 1. The first-order valence-corrected chi connectivity index (χ1v) is 10.6. The summed E-state index contributed by atoms with van der Waals surface area (Å²) >= 11 is 0. The minimum Gasteiger partial charge on any atom is -0.396 e. The Bertz CT molecular complexity index is 1020. The number of fused-ring (bicyclic) bond motifs is 1. The second-order valence-corrected chi connectivity index (χ2v) is 8.10. The van der Waals surface area contributed by atoms with Crippen LogP contribution in [0, 0.1) is 41.5 Å². The molecule has 0 atom stereocenters. The maximum atomic E-state index is 9.17. The Morgan fingerprint density at radius 1 is 0.967 bits per heavy atom. The molecular weight excluding hydrogens is 396 g/mol. The number of aliphatic hydroxyl groups excluding tert-OH is 1. The molecule has 6 heteroatoms. The zero-order valence-corrected chi connectivity index (χ0v) is 20.2. The highest BCUT2D eigenvalue weighted by Crippen LogP contribution is 2.35. The van der Waals surface area contributed by atoms with E-state index in [1.807, 2.05) is 6.92 Å². The lowest BCUT2D eigenvalue weighted by Gasteiger charge is -2.23. The summed E-state index contributed by atoms with van der Waals surface area (Å²) in [6, 6.07) is 4.48. The molecule has 0 bridgehead atoms. The maximum Gasteiger partial charge on any atom is 0.150 e. The lowest BCUT2D eigenvalue weighted by molar-refractivity contribution is 0.285. The van der Waals surface area contributed by atoms with Crippen LogP contribution in [0.3, 0.4) is 0 Å². The van der Waals surface area contributed by atoms with Gasteiger partial charge >= 0.3 is 0 Å². The third kappa shape index (κ3) is 4.33. The summed E-state index contributed by atoms with van der Waals surface area (Å²) in [7, 11) is 0. The van der Waals surface area contributed by atoms with Gasteiger partial charge in [0.25, 0.3) is 0 Å². The molecule has 3 rings (SSSR count). The van der Waals surface area contributed by atoms with Crippen LogP contribution in [0.1, 0.15) is 53.5 Å². The van der Waals surface area contributed by atoms with Gasteiger partial charge in [-0.25, -0.2) is 9.97 Å². The van der Waals surface area contributed by atoms with Crippen LogP contribution in [-0.4, -0.2) is 39.3 Å². The average Bonchev–Trinajstić information content (AvgIpc) is 2.89.